The molecule has 0 spiro atoms. The second-order valence-corrected chi connectivity index (χ2v) is 13.1. The molecule has 0 fully saturated rings. The number of hydrogen-bond acceptors (Lipinski definition) is 0. The third-order valence-electron chi connectivity index (χ3n) is 3.66. The molecule has 0 N–H and O–H groups in total. The van der Waals surface area contributed by atoms with Crippen molar-refractivity contribution in [3.8, 4) is 0 Å². The Labute approximate surface area is 98.6 Å². The van der Waals surface area contributed by atoms with E-state index in [2.05, 4.69) is 33.4 Å². The summed E-state index contributed by atoms with van der Waals surface area (Å²) in [7, 11) is 5.81. The first-order valence-corrected chi connectivity index (χ1v) is 11.1. The van der Waals surface area contributed by atoms with E-state index in [-0.39, 0.29) is 0 Å². The highest BCUT2D eigenvalue weighted by Gasteiger charge is 2.12. The molecule has 0 saturated carbocycles. The Kier molecular flexibility index (Phi) is 7.40. The van der Waals surface area contributed by atoms with Crippen LogP contribution in [0.3, 0.4) is 0 Å². The molecular weight excluding hydrogens is 217 g/mol. The minimum atomic E-state index is -1.02. The van der Waals surface area contributed by atoms with E-state index in [1.54, 1.807) is 0 Å². The monoisotopic (exact) mass is 244 g/mol. The van der Waals surface area contributed by atoms with E-state index in [1.165, 1.54) is 37.2 Å². The second-order valence-electron chi connectivity index (χ2n) is 4.62. The minimum Gasteiger partial charge on any atom is -0.120 e. The fourth-order valence-electron chi connectivity index (χ4n) is 1.66. The van der Waals surface area contributed by atoms with Crippen molar-refractivity contribution in [3.63, 3.8) is 0 Å². The maximum absolute atomic E-state index is 5.81. The zero-order chi connectivity index (χ0) is 11.9. The molecule has 1 unspecified atom stereocenters. The normalized spacial score (nSPS) is 16.2. The van der Waals surface area contributed by atoms with Gasteiger partial charge in [-0.05, 0) is 37.2 Å². The van der Waals surface area contributed by atoms with Gasteiger partial charge in [0.15, 0.2) is 0 Å². The summed E-state index contributed by atoms with van der Waals surface area (Å²) in [6.07, 6.45) is 16.5. The minimum absolute atomic E-state index is 0.824. The summed E-state index contributed by atoms with van der Waals surface area (Å²) in [6, 6.07) is 0.824. The van der Waals surface area contributed by atoms with E-state index in [9.17, 15) is 0 Å². The van der Waals surface area contributed by atoms with Gasteiger partial charge in [-0.1, -0.05) is 26.8 Å². The van der Waals surface area contributed by atoms with E-state index in [0.29, 0.717) is 0 Å². The van der Waals surface area contributed by atoms with Crippen molar-refractivity contribution in [2.75, 3.05) is 36.9 Å². The molecule has 88 valence electrons. The van der Waals surface area contributed by atoms with Gasteiger partial charge in [-0.2, -0.15) is 0 Å². The van der Waals surface area contributed by atoms with Gasteiger partial charge < -0.3 is 0 Å². The van der Waals surface area contributed by atoms with Crippen LogP contribution in [0.15, 0.2) is 0 Å². The maximum Gasteiger partial charge on any atom is 0.0715 e. The molecular formula is C12H27BP2. The van der Waals surface area contributed by atoms with Crippen LogP contribution in [-0.2, 0) is 0 Å². The number of rotatable bonds is 8. The molecule has 15 heavy (non-hydrogen) atoms. The topological polar surface area (TPSA) is 0 Å². The third kappa shape index (κ3) is 5.51. The van der Waals surface area contributed by atoms with Crippen molar-refractivity contribution in [1.29, 1.82) is 0 Å². The van der Waals surface area contributed by atoms with Gasteiger partial charge in [-0.25, -0.2) is 0 Å². The molecule has 0 rings (SSSR count). The van der Waals surface area contributed by atoms with E-state index in [1.807, 2.05) is 0 Å². The van der Waals surface area contributed by atoms with Crippen molar-refractivity contribution in [3.05, 3.63) is 0 Å². The first-order valence-electron chi connectivity index (χ1n) is 6.06. The predicted octanol–water partition coefficient (Wildman–Crippen LogP) is 3.46. The van der Waals surface area contributed by atoms with Gasteiger partial charge in [0.25, 0.3) is 0 Å². The Morgan fingerprint density at radius 2 is 1.27 bits per heavy atom. The van der Waals surface area contributed by atoms with Crippen LogP contribution >= 0.6 is 13.8 Å². The third-order valence-corrected chi connectivity index (χ3v) is 11.0. The Morgan fingerprint density at radius 3 is 1.60 bits per heavy atom. The lowest BCUT2D eigenvalue weighted by atomic mass is 10.2. The zero-order valence-corrected chi connectivity index (χ0v) is 12.6. The van der Waals surface area contributed by atoms with E-state index < -0.39 is 13.8 Å². The SMILES string of the molecule is [B]CP(=C)(CC)CCCP(=C)(CC)CC. The van der Waals surface area contributed by atoms with Crippen LogP contribution in [0.1, 0.15) is 27.2 Å². The van der Waals surface area contributed by atoms with Gasteiger partial charge in [0.1, 0.15) is 0 Å². The molecule has 0 aliphatic rings. The Morgan fingerprint density at radius 1 is 0.867 bits per heavy atom. The summed E-state index contributed by atoms with van der Waals surface area (Å²) in [6.45, 7) is 4.96. The summed E-state index contributed by atoms with van der Waals surface area (Å²) < 4.78 is 0. The highest BCUT2D eigenvalue weighted by atomic mass is 31.2. The summed E-state index contributed by atoms with van der Waals surface area (Å²) in [5, 5.41) is 0. The van der Waals surface area contributed by atoms with Crippen molar-refractivity contribution in [2.45, 2.75) is 27.2 Å². The molecule has 3 heteroatoms. The average Bonchev–Trinajstić information content (AvgIpc) is 2.28. The molecule has 1 atom stereocenters. The van der Waals surface area contributed by atoms with E-state index >= 15 is 0 Å². The van der Waals surface area contributed by atoms with Crippen molar-refractivity contribution < 1.29 is 0 Å². The molecule has 0 saturated heterocycles. The quantitative estimate of drug-likeness (QED) is 0.453. The lowest BCUT2D eigenvalue weighted by molar-refractivity contribution is 1.08. The second kappa shape index (κ2) is 7.08. The summed E-state index contributed by atoms with van der Waals surface area (Å²) in [5.74, 6) is 0. The number of hydrogen-bond donors (Lipinski definition) is 0. The fraction of sp³-hybridized carbons (Fsp3) is 0.833. The summed E-state index contributed by atoms with van der Waals surface area (Å²) >= 11 is 0. The maximum atomic E-state index is 5.81. The first kappa shape index (κ1) is 15.7. The molecule has 0 aromatic carbocycles. The molecule has 0 amide bonds. The summed E-state index contributed by atoms with van der Waals surface area (Å²) in [4.78, 5) is 0. The largest absolute Gasteiger partial charge is 0.120 e. The molecule has 0 aliphatic carbocycles. The Balaban J connectivity index is 4.08. The zero-order valence-electron chi connectivity index (χ0n) is 10.8. The van der Waals surface area contributed by atoms with E-state index in [4.69, 9.17) is 7.85 Å². The van der Waals surface area contributed by atoms with Crippen molar-refractivity contribution in [2.24, 2.45) is 0 Å². The van der Waals surface area contributed by atoms with Gasteiger partial charge in [-0.3, -0.25) is 0 Å². The molecule has 0 bridgehead atoms. The Hall–Kier alpha value is 0.665. The van der Waals surface area contributed by atoms with Gasteiger partial charge >= 0.3 is 0 Å². The average molecular weight is 244 g/mol. The van der Waals surface area contributed by atoms with E-state index in [0.717, 1.165) is 6.06 Å². The smallest absolute Gasteiger partial charge is 0.0715 e. The van der Waals surface area contributed by atoms with Gasteiger partial charge in [-0.15, -0.1) is 26.4 Å². The Bertz CT molecular complexity index is 216. The lowest BCUT2D eigenvalue weighted by Crippen LogP contribution is -2.03. The highest BCUT2D eigenvalue weighted by Crippen LogP contribution is 2.48. The van der Waals surface area contributed by atoms with Crippen molar-refractivity contribution >= 4 is 34.2 Å². The van der Waals surface area contributed by atoms with Gasteiger partial charge in [0.2, 0.25) is 0 Å². The summed E-state index contributed by atoms with van der Waals surface area (Å²) in [5.41, 5.74) is 0. The van der Waals surface area contributed by atoms with Crippen LogP contribution in [0.2, 0.25) is 0 Å². The van der Waals surface area contributed by atoms with Gasteiger partial charge in [0.05, 0.1) is 7.85 Å². The van der Waals surface area contributed by atoms with Crippen LogP contribution in [0.25, 0.3) is 0 Å². The van der Waals surface area contributed by atoms with Crippen LogP contribution in [-0.4, -0.2) is 57.3 Å². The first-order chi connectivity index (χ1) is 6.95. The van der Waals surface area contributed by atoms with Gasteiger partial charge in [0, 0.05) is 0 Å². The molecule has 2 radical (unpaired) electrons. The highest BCUT2D eigenvalue weighted by molar-refractivity contribution is 7.75. The molecule has 0 nitrogen and oxygen atoms in total. The molecule has 0 aromatic heterocycles. The van der Waals surface area contributed by atoms with Crippen LogP contribution in [0, 0.1) is 0 Å². The lowest BCUT2D eigenvalue weighted by Gasteiger charge is -2.25. The van der Waals surface area contributed by atoms with Crippen LogP contribution in [0.5, 0.6) is 0 Å². The van der Waals surface area contributed by atoms with Crippen LogP contribution < -0.4 is 0 Å². The predicted molar refractivity (Wildman–Crippen MR) is 84.7 cm³/mol. The molecule has 0 heterocycles. The van der Waals surface area contributed by atoms with Crippen molar-refractivity contribution in [1.82, 2.24) is 0 Å². The standard InChI is InChI=1S/C12H27BP2/c1-6-14(4,7-2)10-9-11-15(5,8-3)12-13/h4-12H2,1-3H3. The molecule has 0 aromatic rings. The van der Waals surface area contributed by atoms with Crippen LogP contribution in [0.4, 0.5) is 0 Å². The molecule has 0 aliphatic heterocycles. The fourth-order valence-corrected chi connectivity index (χ4v) is 5.40.